The Balaban J connectivity index is 1.27. The topological polar surface area (TPSA) is 23.6 Å². The lowest BCUT2D eigenvalue weighted by atomic mass is 9.79. The maximum atomic E-state index is 13.6. The molecule has 0 atom stereocenters. The number of nitrogens with zero attached hydrogens (tertiary/aromatic N) is 2. The Labute approximate surface area is 148 Å². The quantitative estimate of drug-likeness (QED) is 0.833. The summed E-state index contributed by atoms with van der Waals surface area (Å²) in [5.41, 5.74) is 1.91. The fourth-order valence-corrected chi connectivity index (χ4v) is 4.21. The minimum absolute atomic E-state index is 0.109. The van der Waals surface area contributed by atoms with Gasteiger partial charge in [0.2, 0.25) is 5.91 Å². The number of halogens is 1. The van der Waals surface area contributed by atoms with E-state index in [0.29, 0.717) is 6.42 Å². The van der Waals surface area contributed by atoms with Crippen LogP contribution in [0, 0.1) is 11.2 Å². The Bertz CT molecular complexity index is 756. The lowest BCUT2D eigenvalue weighted by Gasteiger charge is -2.47. The van der Waals surface area contributed by atoms with E-state index in [1.54, 1.807) is 6.07 Å². The molecule has 25 heavy (non-hydrogen) atoms. The predicted octanol–water partition coefficient (Wildman–Crippen LogP) is 3.50. The van der Waals surface area contributed by atoms with E-state index in [1.165, 1.54) is 6.07 Å². The van der Waals surface area contributed by atoms with Crippen molar-refractivity contribution < 1.29 is 9.18 Å². The average Bonchev–Trinajstić information content (AvgIpc) is 2.94. The highest BCUT2D eigenvalue weighted by atomic mass is 19.1. The number of anilines is 1. The molecular weight excluding hydrogens is 315 g/mol. The van der Waals surface area contributed by atoms with Crippen LogP contribution in [-0.2, 0) is 11.2 Å². The Hall–Kier alpha value is -2.20. The minimum Gasteiger partial charge on any atom is -0.312 e. The van der Waals surface area contributed by atoms with Gasteiger partial charge in [-0.15, -0.1) is 0 Å². The van der Waals surface area contributed by atoms with E-state index in [2.05, 4.69) is 4.90 Å². The first kappa shape index (κ1) is 16.3. The van der Waals surface area contributed by atoms with Crippen molar-refractivity contribution in [1.29, 1.82) is 0 Å². The molecule has 1 spiro atoms. The molecule has 4 heteroatoms. The summed E-state index contributed by atoms with van der Waals surface area (Å²) in [6, 6.07) is 16.9. The average molecular weight is 338 g/mol. The fraction of sp³-hybridized carbons (Fsp3) is 0.381. The third kappa shape index (κ3) is 3.31. The van der Waals surface area contributed by atoms with Gasteiger partial charge in [-0.25, -0.2) is 4.39 Å². The van der Waals surface area contributed by atoms with Crippen molar-refractivity contribution in [2.24, 2.45) is 5.41 Å². The van der Waals surface area contributed by atoms with Crippen molar-refractivity contribution in [3.05, 3.63) is 66.0 Å². The van der Waals surface area contributed by atoms with E-state index in [0.717, 1.165) is 50.3 Å². The van der Waals surface area contributed by atoms with Crippen LogP contribution in [-0.4, -0.2) is 37.0 Å². The number of likely N-dealkylation sites (tertiary alicyclic amines) is 1. The number of hydrogen-bond donors (Lipinski definition) is 0. The highest BCUT2D eigenvalue weighted by molar-refractivity contribution is 5.96. The first-order valence-electron chi connectivity index (χ1n) is 8.96. The van der Waals surface area contributed by atoms with E-state index >= 15 is 0 Å². The van der Waals surface area contributed by atoms with Crippen LogP contribution in [0.15, 0.2) is 54.6 Å². The van der Waals surface area contributed by atoms with Crippen LogP contribution in [0.25, 0.3) is 0 Å². The molecule has 4 rings (SSSR count). The van der Waals surface area contributed by atoms with Gasteiger partial charge in [0, 0.05) is 37.2 Å². The summed E-state index contributed by atoms with van der Waals surface area (Å²) in [6.45, 7) is 3.73. The molecule has 2 aliphatic rings. The van der Waals surface area contributed by atoms with Gasteiger partial charge in [-0.2, -0.15) is 0 Å². The standard InChI is InChI=1S/C21H23FN2O/c22-19-11-5-4-7-17(19)8-6-12-23-14-21(15-23)13-20(25)24(16-21)18-9-2-1-3-10-18/h1-5,7,9-11H,6,8,12-16H2. The summed E-state index contributed by atoms with van der Waals surface area (Å²) < 4.78 is 13.6. The van der Waals surface area contributed by atoms with Crippen molar-refractivity contribution in [2.75, 3.05) is 31.1 Å². The molecule has 0 N–H and O–H groups in total. The van der Waals surface area contributed by atoms with E-state index in [9.17, 15) is 9.18 Å². The van der Waals surface area contributed by atoms with Gasteiger partial charge in [0.15, 0.2) is 0 Å². The monoisotopic (exact) mass is 338 g/mol. The van der Waals surface area contributed by atoms with Crippen LogP contribution in [0.4, 0.5) is 10.1 Å². The Morgan fingerprint density at radius 2 is 1.68 bits per heavy atom. The normalized spacial score (nSPS) is 19.4. The third-order valence-electron chi connectivity index (χ3n) is 5.38. The molecule has 0 bridgehead atoms. The molecule has 2 aromatic carbocycles. The maximum Gasteiger partial charge on any atom is 0.227 e. The van der Waals surface area contributed by atoms with Crippen LogP contribution in [0.1, 0.15) is 18.4 Å². The molecule has 3 nitrogen and oxygen atoms in total. The highest BCUT2D eigenvalue weighted by Crippen LogP contribution is 2.41. The number of aryl methyl sites for hydroxylation is 1. The fourth-order valence-electron chi connectivity index (χ4n) is 4.21. The molecular formula is C21H23FN2O. The van der Waals surface area contributed by atoms with Crippen molar-refractivity contribution in [2.45, 2.75) is 19.3 Å². The molecule has 2 saturated heterocycles. The molecule has 1 amide bonds. The van der Waals surface area contributed by atoms with Gasteiger partial charge in [-0.1, -0.05) is 36.4 Å². The van der Waals surface area contributed by atoms with Crippen LogP contribution >= 0.6 is 0 Å². The first-order chi connectivity index (χ1) is 12.2. The zero-order chi connectivity index (χ0) is 17.3. The zero-order valence-corrected chi connectivity index (χ0v) is 14.3. The van der Waals surface area contributed by atoms with Gasteiger partial charge in [0.05, 0.1) is 0 Å². The summed E-state index contributed by atoms with van der Waals surface area (Å²) in [7, 11) is 0. The van der Waals surface area contributed by atoms with Crippen molar-refractivity contribution in [3.63, 3.8) is 0 Å². The van der Waals surface area contributed by atoms with Crippen molar-refractivity contribution in [3.8, 4) is 0 Å². The summed E-state index contributed by atoms with van der Waals surface area (Å²) >= 11 is 0. The first-order valence-corrected chi connectivity index (χ1v) is 8.96. The van der Waals surface area contributed by atoms with Gasteiger partial charge in [0.25, 0.3) is 0 Å². The number of carbonyl (C=O) groups excluding carboxylic acids is 1. The lowest BCUT2D eigenvalue weighted by molar-refractivity contribution is -0.119. The second kappa shape index (κ2) is 6.60. The minimum atomic E-state index is -0.109. The summed E-state index contributed by atoms with van der Waals surface area (Å²) in [5.74, 6) is 0.125. The molecule has 130 valence electrons. The summed E-state index contributed by atoms with van der Waals surface area (Å²) in [4.78, 5) is 16.7. The highest BCUT2D eigenvalue weighted by Gasteiger charge is 2.51. The molecule has 2 aromatic rings. The van der Waals surface area contributed by atoms with Crippen LogP contribution in [0.3, 0.4) is 0 Å². The van der Waals surface area contributed by atoms with Gasteiger partial charge in [-0.3, -0.25) is 4.79 Å². The van der Waals surface area contributed by atoms with Crippen LogP contribution in [0.2, 0.25) is 0 Å². The molecule has 0 aromatic heterocycles. The third-order valence-corrected chi connectivity index (χ3v) is 5.38. The molecule has 0 unspecified atom stereocenters. The smallest absolute Gasteiger partial charge is 0.227 e. The number of carbonyl (C=O) groups is 1. The molecule has 2 aliphatic heterocycles. The Morgan fingerprint density at radius 1 is 0.960 bits per heavy atom. The Morgan fingerprint density at radius 3 is 2.44 bits per heavy atom. The van der Waals surface area contributed by atoms with Gasteiger partial charge in [-0.05, 0) is 43.1 Å². The summed E-state index contributed by atoms with van der Waals surface area (Å²) in [5, 5.41) is 0. The van der Waals surface area contributed by atoms with Gasteiger partial charge < -0.3 is 9.80 Å². The Kier molecular flexibility index (Phi) is 4.30. The van der Waals surface area contributed by atoms with Gasteiger partial charge >= 0.3 is 0 Å². The second-order valence-electron chi connectivity index (χ2n) is 7.40. The number of benzene rings is 2. The number of hydrogen-bond acceptors (Lipinski definition) is 2. The molecule has 2 fully saturated rings. The van der Waals surface area contributed by atoms with E-state index in [4.69, 9.17) is 0 Å². The van der Waals surface area contributed by atoms with E-state index in [-0.39, 0.29) is 17.1 Å². The number of rotatable bonds is 5. The van der Waals surface area contributed by atoms with Crippen molar-refractivity contribution >= 4 is 11.6 Å². The molecule has 0 radical (unpaired) electrons. The number of amides is 1. The van der Waals surface area contributed by atoms with Crippen LogP contribution < -0.4 is 4.90 Å². The maximum absolute atomic E-state index is 13.6. The summed E-state index contributed by atoms with van der Waals surface area (Å²) in [6.07, 6.45) is 2.37. The van der Waals surface area contributed by atoms with E-state index in [1.807, 2.05) is 47.4 Å². The molecule has 2 heterocycles. The molecule has 0 aliphatic carbocycles. The van der Waals surface area contributed by atoms with E-state index < -0.39 is 0 Å². The largest absolute Gasteiger partial charge is 0.312 e. The number of para-hydroxylation sites is 1. The molecule has 0 saturated carbocycles. The predicted molar refractivity (Wildman–Crippen MR) is 97.0 cm³/mol. The van der Waals surface area contributed by atoms with Gasteiger partial charge in [0.1, 0.15) is 5.82 Å². The van der Waals surface area contributed by atoms with Crippen molar-refractivity contribution in [1.82, 2.24) is 4.90 Å². The zero-order valence-electron chi connectivity index (χ0n) is 14.3. The van der Waals surface area contributed by atoms with Crippen LogP contribution in [0.5, 0.6) is 0 Å². The lowest BCUT2D eigenvalue weighted by Crippen LogP contribution is -2.57. The second-order valence-corrected chi connectivity index (χ2v) is 7.40. The SMILES string of the molecule is O=C1CC2(CN(CCCc3ccccc3F)C2)CN1c1ccccc1.